The fourth-order valence-corrected chi connectivity index (χ4v) is 3.86. The summed E-state index contributed by atoms with van der Waals surface area (Å²) in [5.74, 6) is 1.04. The average Bonchev–Trinajstić information content (AvgIpc) is 2.91. The molecular formula is C13H16N4S2. The fraction of sp³-hybridized carbons (Fsp3) is 0.385. The van der Waals surface area contributed by atoms with E-state index in [1.807, 2.05) is 30.0 Å². The number of aryl methyl sites for hydroxylation is 2. The van der Waals surface area contributed by atoms with E-state index in [0.29, 0.717) is 4.99 Å². The number of aromatic nitrogens is 2. The smallest absolute Gasteiger partial charge is 0.137 e. The maximum atomic E-state index is 5.86. The van der Waals surface area contributed by atoms with Crippen molar-refractivity contribution >= 4 is 34.4 Å². The summed E-state index contributed by atoms with van der Waals surface area (Å²) in [7, 11) is 1.95. The van der Waals surface area contributed by atoms with Crippen LogP contribution >= 0.6 is 23.6 Å². The maximum Gasteiger partial charge on any atom is 0.137 e. The summed E-state index contributed by atoms with van der Waals surface area (Å²) in [4.78, 5) is 4.24. The van der Waals surface area contributed by atoms with Gasteiger partial charge < -0.3 is 10.6 Å². The molecule has 100 valence electrons. The van der Waals surface area contributed by atoms with Crippen LogP contribution in [-0.2, 0) is 20.0 Å². The highest BCUT2D eigenvalue weighted by Crippen LogP contribution is 2.30. The third-order valence-corrected chi connectivity index (χ3v) is 4.77. The molecule has 1 aliphatic rings. The van der Waals surface area contributed by atoms with E-state index >= 15 is 0 Å². The van der Waals surface area contributed by atoms with Crippen molar-refractivity contribution in [3.63, 3.8) is 0 Å². The Kier molecular flexibility index (Phi) is 3.06. The predicted octanol–water partition coefficient (Wildman–Crippen LogP) is 1.99. The van der Waals surface area contributed by atoms with E-state index in [9.17, 15) is 0 Å². The summed E-state index contributed by atoms with van der Waals surface area (Å²) >= 11 is 7.02. The molecule has 0 aromatic carbocycles. The molecule has 6 heteroatoms. The zero-order chi connectivity index (χ0) is 13.6. The van der Waals surface area contributed by atoms with Gasteiger partial charge in [-0.15, -0.1) is 11.3 Å². The molecule has 2 aromatic heterocycles. The summed E-state index contributed by atoms with van der Waals surface area (Å²) in [6.45, 7) is 3.85. The van der Waals surface area contributed by atoms with Crippen LogP contribution in [0.15, 0.2) is 11.4 Å². The molecule has 0 aliphatic carbocycles. The van der Waals surface area contributed by atoms with Crippen LogP contribution in [0.3, 0.4) is 0 Å². The molecule has 2 N–H and O–H groups in total. The second kappa shape index (κ2) is 4.61. The normalized spacial score (nSPS) is 14.5. The Labute approximate surface area is 121 Å². The van der Waals surface area contributed by atoms with Gasteiger partial charge in [0.2, 0.25) is 0 Å². The van der Waals surface area contributed by atoms with Crippen molar-refractivity contribution in [3.05, 3.63) is 33.1 Å². The van der Waals surface area contributed by atoms with Crippen LogP contribution in [-0.4, -0.2) is 21.3 Å². The molecule has 4 nitrogen and oxygen atoms in total. The van der Waals surface area contributed by atoms with Crippen LogP contribution in [0.4, 0.5) is 5.82 Å². The van der Waals surface area contributed by atoms with Gasteiger partial charge in [-0.2, -0.15) is 5.10 Å². The number of thiophene rings is 1. The van der Waals surface area contributed by atoms with Crippen molar-refractivity contribution in [2.45, 2.75) is 19.9 Å². The fourth-order valence-electron chi connectivity index (χ4n) is 2.73. The Morgan fingerprint density at radius 3 is 3.05 bits per heavy atom. The lowest BCUT2D eigenvalue weighted by Crippen LogP contribution is -2.32. The number of nitrogens with two attached hydrogens (primary N) is 1. The molecule has 2 aromatic rings. The third kappa shape index (κ3) is 2.04. The van der Waals surface area contributed by atoms with Crippen LogP contribution < -0.4 is 10.6 Å². The molecule has 0 fully saturated rings. The Morgan fingerprint density at radius 2 is 2.32 bits per heavy atom. The monoisotopic (exact) mass is 292 g/mol. The van der Waals surface area contributed by atoms with Crippen molar-refractivity contribution in [1.29, 1.82) is 0 Å². The first-order valence-electron chi connectivity index (χ1n) is 6.21. The summed E-state index contributed by atoms with van der Waals surface area (Å²) in [6, 6.07) is 2.20. The molecule has 0 radical (unpaired) electrons. The molecule has 0 saturated carbocycles. The largest absolute Gasteiger partial charge is 0.389 e. The average molecular weight is 292 g/mol. The lowest BCUT2D eigenvalue weighted by Gasteiger charge is -2.29. The molecule has 0 bridgehead atoms. The summed E-state index contributed by atoms with van der Waals surface area (Å²) < 4.78 is 1.89. The summed E-state index contributed by atoms with van der Waals surface area (Å²) in [6.07, 6.45) is 1.08. The molecule has 0 saturated heterocycles. The summed E-state index contributed by atoms with van der Waals surface area (Å²) in [5, 5.41) is 6.63. The number of hydrogen-bond donors (Lipinski definition) is 1. The van der Waals surface area contributed by atoms with E-state index in [0.717, 1.165) is 36.6 Å². The van der Waals surface area contributed by atoms with Gasteiger partial charge >= 0.3 is 0 Å². The number of nitrogens with zero attached hydrogens (tertiary/aromatic N) is 3. The van der Waals surface area contributed by atoms with Crippen molar-refractivity contribution in [3.8, 4) is 0 Å². The van der Waals surface area contributed by atoms with Crippen molar-refractivity contribution in [2.75, 3.05) is 11.4 Å². The number of fused-ring (bicyclic) bond motifs is 1. The Morgan fingerprint density at radius 1 is 1.53 bits per heavy atom. The topological polar surface area (TPSA) is 47.1 Å². The number of hydrogen-bond acceptors (Lipinski definition) is 4. The molecule has 3 heterocycles. The number of rotatable bonds is 2. The zero-order valence-corrected chi connectivity index (χ0v) is 12.6. The minimum atomic E-state index is 0.428. The molecule has 0 amide bonds. The molecule has 3 rings (SSSR count). The van der Waals surface area contributed by atoms with Gasteiger partial charge in [-0.3, -0.25) is 4.68 Å². The van der Waals surface area contributed by atoms with Gasteiger partial charge in [0.15, 0.2) is 0 Å². The number of anilines is 1. The summed E-state index contributed by atoms with van der Waals surface area (Å²) in [5.41, 5.74) is 9.09. The van der Waals surface area contributed by atoms with Crippen LogP contribution in [0.25, 0.3) is 0 Å². The molecular weight excluding hydrogens is 276 g/mol. The first kappa shape index (κ1) is 12.6. The highest BCUT2D eigenvalue weighted by Gasteiger charge is 2.25. The lowest BCUT2D eigenvalue weighted by molar-refractivity contribution is 0.673. The Hall–Kier alpha value is -1.40. The molecule has 1 aliphatic heterocycles. The lowest BCUT2D eigenvalue weighted by atomic mass is 10.1. The SMILES string of the molecule is Cc1nn(C)c(N2CCc3sccc3C2)c1C(N)=S. The zero-order valence-electron chi connectivity index (χ0n) is 11.0. The van der Waals surface area contributed by atoms with Crippen LogP contribution in [0.1, 0.15) is 21.7 Å². The van der Waals surface area contributed by atoms with E-state index in [1.165, 1.54) is 10.4 Å². The van der Waals surface area contributed by atoms with Crippen molar-refractivity contribution in [2.24, 2.45) is 12.8 Å². The molecule has 0 atom stereocenters. The van der Waals surface area contributed by atoms with Crippen molar-refractivity contribution in [1.82, 2.24) is 9.78 Å². The van der Waals surface area contributed by atoms with E-state index in [1.54, 1.807) is 0 Å². The van der Waals surface area contributed by atoms with E-state index in [2.05, 4.69) is 21.4 Å². The molecule has 0 unspecified atom stereocenters. The molecule has 19 heavy (non-hydrogen) atoms. The predicted molar refractivity (Wildman–Crippen MR) is 82.9 cm³/mol. The maximum absolute atomic E-state index is 5.86. The highest BCUT2D eigenvalue weighted by molar-refractivity contribution is 7.80. The highest BCUT2D eigenvalue weighted by atomic mass is 32.1. The second-order valence-corrected chi connectivity index (χ2v) is 6.25. The van der Waals surface area contributed by atoms with Gasteiger partial charge in [-0.25, -0.2) is 0 Å². The van der Waals surface area contributed by atoms with Crippen LogP contribution in [0.5, 0.6) is 0 Å². The third-order valence-electron chi connectivity index (χ3n) is 3.55. The van der Waals surface area contributed by atoms with Gasteiger partial charge in [0.1, 0.15) is 10.8 Å². The number of thiocarbonyl (C=S) groups is 1. The minimum Gasteiger partial charge on any atom is -0.389 e. The standard InChI is InChI=1S/C13H16N4S2/c1-8-11(12(14)18)13(16(2)15-8)17-5-3-10-9(7-17)4-6-19-10/h4,6H,3,5,7H2,1-2H3,(H2,14,18). The van der Waals surface area contributed by atoms with Gasteiger partial charge in [0.25, 0.3) is 0 Å². The quantitative estimate of drug-likeness (QED) is 0.860. The molecule has 0 spiro atoms. The first-order valence-corrected chi connectivity index (χ1v) is 7.50. The van der Waals surface area contributed by atoms with Gasteiger partial charge in [-0.05, 0) is 30.4 Å². The van der Waals surface area contributed by atoms with Crippen LogP contribution in [0, 0.1) is 6.92 Å². The first-order chi connectivity index (χ1) is 9.08. The Balaban J connectivity index is 2.02. The Bertz CT molecular complexity index is 641. The van der Waals surface area contributed by atoms with E-state index in [-0.39, 0.29) is 0 Å². The van der Waals surface area contributed by atoms with Gasteiger partial charge in [0.05, 0.1) is 11.3 Å². The van der Waals surface area contributed by atoms with E-state index in [4.69, 9.17) is 18.0 Å². The van der Waals surface area contributed by atoms with Crippen molar-refractivity contribution < 1.29 is 0 Å². The van der Waals surface area contributed by atoms with Crippen LogP contribution in [0.2, 0.25) is 0 Å². The minimum absolute atomic E-state index is 0.428. The van der Waals surface area contributed by atoms with E-state index < -0.39 is 0 Å². The second-order valence-electron chi connectivity index (χ2n) is 4.81. The van der Waals surface area contributed by atoms with Gasteiger partial charge in [-0.1, -0.05) is 12.2 Å². The van der Waals surface area contributed by atoms with Gasteiger partial charge in [0, 0.05) is 25.0 Å².